The minimum Gasteiger partial charge on any atom is -0.457 e. The third kappa shape index (κ3) is 10.2. The molecule has 0 aromatic heterocycles. The smallest absolute Gasteiger partial charge is 0.457 e. The summed E-state index contributed by atoms with van der Waals surface area (Å²) in [5, 5.41) is 10.3. The zero-order valence-electron chi connectivity index (χ0n) is 22.7. The summed E-state index contributed by atoms with van der Waals surface area (Å²) in [5.41, 5.74) is 0.847. The van der Waals surface area contributed by atoms with E-state index in [9.17, 15) is 19.1 Å². The monoisotopic (exact) mass is 508 g/mol. The number of allylic oxidation sites excluding steroid dienone is 3. The predicted octanol–water partition coefficient (Wildman–Crippen LogP) is 6.48. The Morgan fingerprint density at radius 2 is 2.00 bits per heavy atom. The van der Waals surface area contributed by atoms with E-state index in [1.165, 1.54) is 12.8 Å². The molecule has 1 fully saturated rings. The number of cyclic esters (lactones) is 1. The molecule has 1 saturated heterocycles. The minimum atomic E-state index is -1.84. The lowest BCUT2D eigenvalue weighted by molar-refractivity contribution is -0.151. The second kappa shape index (κ2) is 14.7. The van der Waals surface area contributed by atoms with E-state index in [1.807, 2.05) is 32.9 Å². The lowest BCUT2D eigenvalue weighted by Crippen LogP contribution is -2.30. The molecule has 0 amide bonds. The number of esters is 1. The Hall–Kier alpha value is -1.99. The van der Waals surface area contributed by atoms with E-state index >= 15 is 0 Å². The van der Waals surface area contributed by atoms with Crippen LogP contribution in [0.1, 0.15) is 80.1 Å². The molecule has 0 bridgehead atoms. The third-order valence-corrected chi connectivity index (χ3v) is 7.27. The van der Waals surface area contributed by atoms with Crippen LogP contribution in [0.2, 0.25) is 0 Å². The highest BCUT2D eigenvalue weighted by molar-refractivity contribution is 5.70. The van der Waals surface area contributed by atoms with Crippen molar-refractivity contribution in [2.24, 2.45) is 23.7 Å². The van der Waals surface area contributed by atoms with Crippen LogP contribution in [0.25, 0.3) is 0 Å². The summed E-state index contributed by atoms with van der Waals surface area (Å²) >= 11 is 0. The van der Waals surface area contributed by atoms with Crippen molar-refractivity contribution in [2.45, 2.75) is 111 Å². The number of aliphatic hydroxyl groups excluding tert-OH is 1. The Bertz CT molecular complexity index is 806. The van der Waals surface area contributed by atoms with Gasteiger partial charge in [-0.3, -0.25) is 4.79 Å². The molecule has 2 aliphatic rings. The van der Waals surface area contributed by atoms with Gasteiger partial charge in [0.2, 0.25) is 0 Å². The first-order chi connectivity index (χ1) is 17.0. The van der Waals surface area contributed by atoms with E-state index in [0.717, 1.165) is 12.0 Å². The molecule has 204 valence electrons. The first kappa shape index (κ1) is 30.2. The fraction of sp³-hybridized carbons (Fsp3) is 0.724. The van der Waals surface area contributed by atoms with E-state index in [-0.39, 0.29) is 18.3 Å². The lowest BCUT2D eigenvalue weighted by Gasteiger charge is -2.26. The summed E-state index contributed by atoms with van der Waals surface area (Å²) in [4.78, 5) is 23.5. The van der Waals surface area contributed by atoms with Gasteiger partial charge in [-0.05, 0) is 62.0 Å². The molecule has 0 aromatic rings. The molecule has 36 heavy (non-hydrogen) atoms. The van der Waals surface area contributed by atoms with Gasteiger partial charge in [-0.1, -0.05) is 65.3 Å². The highest BCUT2D eigenvalue weighted by Crippen LogP contribution is 2.36. The zero-order chi connectivity index (χ0) is 26.8. The van der Waals surface area contributed by atoms with E-state index < -0.39 is 30.5 Å². The van der Waals surface area contributed by atoms with Crippen molar-refractivity contribution >= 4 is 12.2 Å². The molecule has 2 rings (SSSR count). The average molecular weight is 509 g/mol. The topological polar surface area (TPSA) is 85.4 Å². The fourth-order valence-electron chi connectivity index (χ4n) is 4.96. The first-order valence-electron chi connectivity index (χ1n) is 13.4. The van der Waals surface area contributed by atoms with Crippen molar-refractivity contribution in [3.05, 3.63) is 36.0 Å². The number of rotatable bonds is 9. The van der Waals surface area contributed by atoms with Gasteiger partial charge >= 0.3 is 12.2 Å². The number of epoxide rings is 1. The molecule has 0 aromatic carbocycles. The molecule has 9 atom stereocenters. The number of ether oxygens (including phenoxy) is 3. The van der Waals surface area contributed by atoms with E-state index in [0.29, 0.717) is 36.9 Å². The van der Waals surface area contributed by atoms with Crippen LogP contribution in [0.3, 0.4) is 0 Å². The SMILES string of the molecule is CCC[C@@H](C)[C@H]1O[C@@H]1CC(C)/C=C/C=C(\C)[C@H]1OC(=O)C[C@H](O)CC[C@H](C)[C@@H](OC(=O)F)/C=C/[C@@H]1C. The molecule has 0 radical (unpaired) electrons. The third-order valence-electron chi connectivity index (χ3n) is 7.27. The van der Waals surface area contributed by atoms with Crippen LogP contribution in [0, 0.1) is 23.7 Å². The fourth-order valence-corrected chi connectivity index (χ4v) is 4.96. The van der Waals surface area contributed by atoms with Gasteiger partial charge in [0, 0.05) is 5.92 Å². The van der Waals surface area contributed by atoms with Crippen molar-refractivity contribution in [3.63, 3.8) is 0 Å². The normalized spacial score (nSPS) is 34.7. The number of halogens is 1. The summed E-state index contributed by atoms with van der Waals surface area (Å²) in [5.74, 6) is 0.0231. The van der Waals surface area contributed by atoms with Gasteiger partial charge in [-0.25, -0.2) is 4.79 Å². The molecular weight excluding hydrogens is 463 g/mol. The van der Waals surface area contributed by atoms with Crippen LogP contribution in [0.4, 0.5) is 9.18 Å². The Morgan fingerprint density at radius 1 is 1.28 bits per heavy atom. The largest absolute Gasteiger partial charge is 0.496 e. The standard InChI is InChI=1S/C29H45FO6/c1-7-9-20(4)28-25(34-28)16-18(2)10-8-11-21(5)27-22(6)13-15-24(35-29(30)33)19(3)12-14-23(31)17-26(32)36-27/h8,10-11,13,15,18-20,22-25,27-28,31H,7,9,12,14,16-17H2,1-6H3/b10-8+,15-13+,21-11+/t18?,19-,20+,22-,23+,24-,25+,27+,28+/m0/s1. The molecule has 0 spiro atoms. The van der Waals surface area contributed by atoms with Crippen molar-refractivity contribution in [3.8, 4) is 0 Å². The van der Waals surface area contributed by atoms with E-state index in [2.05, 4.69) is 26.8 Å². The van der Waals surface area contributed by atoms with Gasteiger partial charge in [0.25, 0.3) is 0 Å². The van der Waals surface area contributed by atoms with Gasteiger partial charge in [-0.15, -0.1) is 4.39 Å². The molecule has 2 heterocycles. The van der Waals surface area contributed by atoms with Gasteiger partial charge in [0.1, 0.15) is 12.2 Å². The van der Waals surface area contributed by atoms with E-state index in [4.69, 9.17) is 14.2 Å². The second-order valence-electron chi connectivity index (χ2n) is 10.8. The second-order valence-corrected chi connectivity index (χ2v) is 10.8. The maximum Gasteiger partial charge on any atom is 0.496 e. The first-order valence-corrected chi connectivity index (χ1v) is 13.4. The van der Waals surface area contributed by atoms with Crippen LogP contribution >= 0.6 is 0 Å². The van der Waals surface area contributed by atoms with Crippen LogP contribution in [-0.4, -0.2) is 47.8 Å². The summed E-state index contributed by atoms with van der Waals surface area (Å²) in [6.45, 7) is 12.2. The Kier molecular flexibility index (Phi) is 12.3. The van der Waals surface area contributed by atoms with Gasteiger partial charge in [0.15, 0.2) is 0 Å². The number of hydrogen-bond acceptors (Lipinski definition) is 6. The number of hydrogen-bond donors (Lipinski definition) is 1. The molecule has 1 unspecified atom stereocenters. The maximum atomic E-state index is 13.0. The lowest BCUT2D eigenvalue weighted by atomic mass is 9.92. The van der Waals surface area contributed by atoms with Gasteiger partial charge < -0.3 is 19.3 Å². The number of carbonyl (C=O) groups is 2. The molecule has 0 aliphatic carbocycles. The average Bonchev–Trinajstić information content (AvgIpc) is 3.56. The highest BCUT2D eigenvalue weighted by atomic mass is 19.1. The summed E-state index contributed by atoms with van der Waals surface area (Å²) in [7, 11) is 0. The summed E-state index contributed by atoms with van der Waals surface area (Å²) < 4.78 is 29.5. The summed E-state index contributed by atoms with van der Waals surface area (Å²) in [6, 6.07) is 0. The van der Waals surface area contributed by atoms with Crippen LogP contribution in [0.15, 0.2) is 36.0 Å². The number of aliphatic hydroxyl groups is 1. The van der Waals surface area contributed by atoms with E-state index in [1.54, 1.807) is 12.2 Å². The molecule has 2 aliphatic heterocycles. The van der Waals surface area contributed by atoms with Crippen molar-refractivity contribution in [1.82, 2.24) is 0 Å². The van der Waals surface area contributed by atoms with Crippen LogP contribution in [-0.2, 0) is 19.0 Å². The zero-order valence-corrected chi connectivity index (χ0v) is 22.7. The molecular formula is C29H45FO6. The summed E-state index contributed by atoms with van der Waals surface area (Å²) in [6.07, 6.45) is 10.2. The quantitative estimate of drug-likeness (QED) is 0.126. The Balaban J connectivity index is 2.08. The molecule has 6 nitrogen and oxygen atoms in total. The molecule has 1 N–H and O–H groups in total. The van der Waals surface area contributed by atoms with Gasteiger partial charge in [0.05, 0.1) is 24.7 Å². The van der Waals surface area contributed by atoms with Crippen LogP contribution in [0.5, 0.6) is 0 Å². The number of carbonyl (C=O) groups excluding carboxylic acids is 2. The molecule has 7 heteroatoms. The Morgan fingerprint density at radius 3 is 2.67 bits per heavy atom. The van der Waals surface area contributed by atoms with Crippen LogP contribution < -0.4 is 0 Å². The van der Waals surface area contributed by atoms with Crippen molar-refractivity contribution < 1.29 is 33.3 Å². The van der Waals surface area contributed by atoms with Crippen molar-refractivity contribution in [2.75, 3.05) is 0 Å². The highest BCUT2D eigenvalue weighted by Gasteiger charge is 2.42. The maximum absolute atomic E-state index is 13.0. The predicted molar refractivity (Wildman–Crippen MR) is 138 cm³/mol. The van der Waals surface area contributed by atoms with Crippen molar-refractivity contribution in [1.29, 1.82) is 0 Å². The Labute approximate surface area is 216 Å². The minimum absolute atomic E-state index is 0.119. The van der Waals surface area contributed by atoms with Gasteiger partial charge in [-0.2, -0.15) is 0 Å². The molecule has 0 saturated carbocycles.